The van der Waals surface area contributed by atoms with Gasteiger partial charge in [0.2, 0.25) is 0 Å². The molecule has 22 heavy (non-hydrogen) atoms. The molecule has 1 unspecified atom stereocenters. The Morgan fingerprint density at radius 3 is 1.91 bits per heavy atom. The van der Waals surface area contributed by atoms with Gasteiger partial charge in [0.1, 0.15) is 0 Å². The van der Waals surface area contributed by atoms with E-state index in [0.717, 1.165) is 0 Å². The smallest absolute Gasteiger partial charge is 0.302 e. The second kappa shape index (κ2) is 8.57. The van der Waals surface area contributed by atoms with Crippen LogP contribution in [-0.4, -0.2) is 24.3 Å². The molecule has 0 amide bonds. The molecule has 0 spiro atoms. The summed E-state index contributed by atoms with van der Waals surface area (Å²) in [5.74, 6) is 0. The van der Waals surface area contributed by atoms with E-state index in [4.69, 9.17) is 9.05 Å². The molecule has 2 aromatic carbocycles. The van der Waals surface area contributed by atoms with Gasteiger partial charge in [0.15, 0.2) is 0 Å². The van der Waals surface area contributed by atoms with E-state index in [-0.39, 0.29) is 13.2 Å². The van der Waals surface area contributed by atoms with Crippen LogP contribution in [0, 0.1) is 0 Å². The lowest BCUT2D eigenvalue weighted by atomic mass is 10.4. The summed E-state index contributed by atoms with van der Waals surface area (Å²) in [5, 5.41) is 2.44. The summed E-state index contributed by atoms with van der Waals surface area (Å²) in [4.78, 5) is 9.49. The minimum Gasteiger partial charge on any atom is -0.302 e. The topological polar surface area (TPSA) is 55.8 Å². The molecule has 1 N–H and O–H groups in total. The van der Waals surface area contributed by atoms with Crippen LogP contribution in [0.25, 0.3) is 0 Å². The fraction of sp³-hybridized carbons (Fsp3) is 0.250. The predicted octanol–water partition coefficient (Wildman–Crippen LogP) is 3.27. The lowest BCUT2D eigenvalue weighted by Gasteiger charge is -2.19. The van der Waals surface area contributed by atoms with Crippen molar-refractivity contribution in [2.45, 2.75) is 6.92 Å². The Kier molecular flexibility index (Phi) is 6.75. The van der Waals surface area contributed by atoms with E-state index in [1.807, 2.05) is 36.4 Å². The maximum absolute atomic E-state index is 11.6. The summed E-state index contributed by atoms with van der Waals surface area (Å²) in [6.45, 7) is 2.00. The molecule has 2 rings (SSSR count). The van der Waals surface area contributed by atoms with E-state index in [1.54, 1.807) is 6.92 Å². The van der Waals surface area contributed by atoms with Crippen molar-refractivity contribution in [2.24, 2.45) is 0 Å². The molecule has 118 valence electrons. The highest BCUT2D eigenvalue weighted by Gasteiger charge is 2.21. The number of phosphoric acid groups is 1. The average molecular weight is 338 g/mol. The lowest BCUT2D eigenvalue weighted by Crippen LogP contribution is -2.16. The highest BCUT2D eigenvalue weighted by Crippen LogP contribution is 2.44. The first-order valence-corrected chi connectivity index (χ1v) is 10.1. The molecule has 0 radical (unpaired) electrons. The first kappa shape index (κ1) is 17.3. The molecule has 0 aromatic heterocycles. The summed E-state index contributed by atoms with van der Waals surface area (Å²) >= 11 is 0. The van der Waals surface area contributed by atoms with Gasteiger partial charge in [-0.2, -0.15) is 0 Å². The van der Waals surface area contributed by atoms with Gasteiger partial charge >= 0.3 is 7.82 Å². The minimum absolute atomic E-state index is 0.153. The monoisotopic (exact) mass is 338 g/mol. The quantitative estimate of drug-likeness (QED) is 0.751. The van der Waals surface area contributed by atoms with Crippen LogP contribution in [0.15, 0.2) is 60.7 Å². The van der Waals surface area contributed by atoms with Crippen LogP contribution in [0.1, 0.15) is 6.92 Å². The summed E-state index contributed by atoms with van der Waals surface area (Å²) in [6.07, 6.45) is 0.668. The van der Waals surface area contributed by atoms with Gasteiger partial charge in [0.25, 0.3) is 0 Å². The summed E-state index contributed by atoms with van der Waals surface area (Å²) in [6, 6.07) is 20.3. The van der Waals surface area contributed by atoms with Crippen LogP contribution in [0.2, 0.25) is 0 Å². The third-order valence-electron chi connectivity index (χ3n) is 3.00. The second-order valence-corrected chi connectivity index (χ2v) is 8.33. The van der Waals surface area contributed by atoms with E-state index in [2.05, 4.69) is 24.3 Å². The van der Waals surface area contributed by atoms with Crippen LogP contribution < -0.4 is 10.6 Å². The zero-order valence-corrected chi connectivity index (χ0v) is 14.3. The van der Waals surface area contributed by atoms with Gasteiger partial charge in [0.05, 0.1) is 13.2 Å². The number of hydrogen-bond acceptors (Lipinski definition) is 3. The summed E-state index contributed by atoms with van der Waals surface area (Å²) < 4.78 is 21.4. The number of hydrogen-bond donors (Lipinski definition) is 1. The van der Waals surface area contributed by atoms with Crippen LogP contribution in [0.5, 0.6) is 0 Å². The standard InChI is InChI=1S/C16H20O4P2/c1-2-19-22(17,18)20-13-14-21(15-9-5-3-6-10-15)16-11-7-4-8-12-16/h3-12H,2,13-14H2,1H3,(H,17,18). The first-order valence-electron chi connectivity index (χ1n) is 7.12. The fourth-order valence-corrected chi connectivity index (χ4v) is 5.09. The normalized spacial score (nSPS) is 14.0. The van der Waals surface area contributed by atoms with Gasteiger partial charge in [0, 0.05) is 0 Å². The van der Waals surface area contributed by atoms with Crippen molar-refractivity contribution in [1.29, 1.82) is 0 Å². The van der Waals surface area contributed by atoms with E-state index in [1.165, 1.54) is 10.6 Å². The van der Waals surface area contributed by atoms with E-state index in [9.17, 15) is 9.46 Å². The molecule has 0 fully saturated rings. The van der Waals surface area contributed by atoms with Crippen LogP contribution in [0.3, 0.4) is 0 Å². The van der Waals surface area contributed by atoms with Gasteiger partial charge in [-0.1, -0.05) is 60.7 Å². The SMILES string of the molecule is CCOP(=O)(O)OCCP(c1ccccc1)c1ccccc1. The molecule has 6 heteroatoms. The molecule has 0 aliphatic carbocycles. The first-order chi connectivity index (χ1) is 10.6. The maximum Gasteiger partial charge on any atom is 0.472 e. The Hall–Kier alpha value is -1.02. The number of rotatable bonds is 8. The zero-order chi connectivity index (χ0) is 15.8. The second-order valence-electron chi connectivity index (χ2n) is 4.54. The highest BCUT2D eigenvalue weighted by atomic mass is 31.2. The Balaban J connectivity index is 2.08. The molecular formula is C16H20O4P2. The van der Waals surface area contributed by atoms with Gasteiger partial charge in [-0.25, -0.2) is 4.57 Å². The molecule has 4 nitrogen and oxygen atoms in total. The molecule has 2 aromatic rings. The molecule has 0 heterocycles. The van der Waals surface area contributed by atoms with Gasteiger partial charge in [-0.3, -0.25) is 9.05 Å². The van der Waals surface area contributed by atoms with Crippen molar-refractivity contribution in [1.82, 2.24) is 0 Å². The van der Waals surface area contributed by atoms with Gasteiger partial charge in [-0.05, 0) is 31.6 Å². The van der Waals surface area contributed by atoms with E-state index >= 15 is 0 Å². The third-order valence-corrected chi connectivity index (χ3v) is 6.56. The maximum atomic E-state index is 11.6. The summed E-state index contributed by atoms with van der Waals surface area (Å²) in [7, 11) is -4.55. The van der Waals surface area contributed by atoms with E-state index < -0.39 is 15.7 Å². The number of phosphoric ester groups is 1. The molecule has 0 saturated heterocycles. The fourth-order valence-electron chi connectivity index (χ4n) is 2.07. The van der Waals surface area contributed by atoms with Crippen molar-refractivity contribution in [2.75, 3.05) is 19.4 Å². The van der Waals surface area contributed by atoms with Crippen molar-refractivity contribution >= 4 is 26.4 Å². The van der Waals surface area contributed by atoms with Crippen molar-refractivity contribution in [3.8, 4) is 0 Å². The predicted molar refractivity (Wildman–Crippen MR) is 91.3 cm³/mol. The van der Waals surface area contributed by atoms with Crippen LogP contribution in [0.4, 0.5) is 0 Å². The molecule has 0 bridgehead atoms. The van der Waals surface area contributed by atoms with Crippen molar-refractivity contribution < 1.29 is 18.5 Å². The van der Waals surface area contributed by atoms with E-state index in [0.29, 0.717) is 6.16 Å². The van der Waals surface area contributed by atoms with Crippen LogP contribution >= 0.6 is 15.7 Å². The minimum atomic E-state index is -3.92. The molecule has 1 atom stereocenters. The lowest BCUT2D eigenvalue weighted by molar-refractivity contribution is 0.162. The summed E-state index contributed by atoms with van der Waals surface area (Å²) in [5.41, 5.74) is 0. The number of benzene rings is 2. The Morgan fingerprint density at radius 1 is 0.955 bits per heavy atom. The van der Waals surface area contributed by atoms with Crippen molar-refractivity contribution in [3.63, 3.8) is 0 Å². The molecular weight excluding hydrogens is 318 g/mol. The largest absolute Gasteiger partial charge is 0.472 e. The zero-order valence-electron chi connectivity index (χ0n) is 12.5. The Morgan fingerprint density at radius 2 is 1.45 bits per heavy atom. The Bertz CT molecular complexity index is 565. The highest BCUT2D eigenvalue weighted by molar-refractivity contribution is 7.73. The van der Waals surface area contributed by atoms with Crippen LogP contribution in [-0.2, 0) is 13.6 Å². The molecule has 0 aliphatic heterocycles. The third kappa shape index (κ3) is 5.31. The van der Waals surface area contributed by atoms with Gasteiger partial charge < -0.3 is 4.89 Å². The van der Waals surface area contributed by atoms with Crippen molar-refractivity contribution in [3.05, 3.63) is 60.7 Å². The van der Waals surface area contributed by atoms with Gasteiger partial charge in [-0.15, -0.1) is 0 Å². The molecule has 0 aliphatic rings. The molecule has 0 saturated carbocycles. The Labute approximate surface area is 132 Å². The average Bonchev–Trinajstić information content (AvgIpc) is 2.53.